The molecule has 10 nitrogen and oxygen atoms in total. The summed E-state index contributed by atoms with van der Waals surface area (Å²) in [6.45, 7) is 1.24. The Bertz CT molecular complexity index is 1340. The molecular weight excluding hydrogens is 446 g/mol. The van der Waals surface area contributed by atoms with Gasteiger partial charge in [-0.15, -0.1) is 0 Å². The highest BCUT2D eigenvalue weighted by atomic mass is 16.5. The monoisotopic (exact) mass is 471 g/mol. The van der Waals surface area contributed by atoms with E-state index in [1.54, 1.807) is 23.0 Å². The number of hydrogen-bond acceptors (Lipinski definition) is 7. The molecule has 4 aromatic rings. The summed E-state index contributed by atoms with van der Waals surface area (Å²) in [6, 6.07) is 19.0. The highest BCUT2D eigenvalue weighted by molar-refractivity contribution is 5.89. The fraction of sp³-hybridized carbons (Fsp3) is 0.200. The highest BCUT2D eigenvalue weighted by Gasteiger charge is 2.24. The number of benzene rings is 2. The smallest absolute Gasteiger partial charge is 0.285 e. The molecule has 0 radical (unpaired) electrons. The van der Waals surface area contributed by atoms with Crippen molar-refractivity contribution >= 4 is 34.5 Å². The minimum absolute atomic E-state index is 0.00680. The van der Waals surface area contributed by atoms with Crippen LogP contribution in [0.1, 0.15) is 5.82 Å². The number of aromatic nitrogens is 3. The van der Waals surface area contributed by atoms with Gasteiger partial charge in [0.1, 0.15) is 29.5 Å². The maximum Gasteiger partial charge on any atom is 0.285 e. The summed E-state index contributed by atoms with van der Waals surface area (Å²) in [5, 5.41) is 12.4. The summed E-state index contributed by atoms with van der Waals surface area (Å²) in [5.74, 6) is 2.49. The number of amidine groups is 1. The van der Waals surface area contributed by atoms with E-state index in [-0.39, 0.29) is 25.1 Å². The van der Waals surface area contributed by atoms with Crippen LogP contribution < -0.4 is 10.1 Å². The van der Waals surface area contributed by atoms with Crippen LogP contribution in [0.25, 0.3) is 11.0 Å². The van der Waals surface area contributed by atoms with E-state index in [2.05, 4.69) is 20.3 Å². The molecule has 2 aromatic heterocycles. The van der Waals surface area contributed by atoms with Crippen LogP contribution in [0.15, 0.2) is 66.9 Å². The van der Waals surface area contributed by atoms with Gasteiger partial charge in [-0.3, -0.25) is 10.2 Å². The number of nitrogens with one attached hydrogen (secondary N) is 3. The Morgan fingerprint density at radius 1 is 1.06 bits per heavy atom. The second kappa shape index (κ2) is 9.72. The van der Waals surface area contributed by atoms with E-state index < -0.39 is 0 Å². The van der Waals surface area contributed by atoms with Crippen molar-refractivity contribution in [1.82, 2.24) is 24.8 Å². The number of anilines is 2. The van der Waals surface area contributed by atoms with E-state index >= 15 is 0 Å². The number of amides is 1. The summed E-state index contributed by atoms with van der Waals surface area (Å²) >= 11 is 0. The Labute approximate surface area is 202 Å². The lowest BCUT2D eigenvalue weighted by Crippen LogP contribution is -2.51. The molecule has 0 bridgehead atoms. The number of nitrogens with zero attached hydrogens (tertiary/aromatic N) is 4. The van der Waals surface area contributed by atoms with E-state index in [1.807, 2.05) is 60.7 Å². The highest BCUT2D eigenvalue weighted by Crippen LogP contribution is 2.27. The lowest BCUT2D eigenvalue weighted by Gasteiger charge is -2.32. The van der Waals surface area contributed by atoms with Crippen LogP contribution in [0.2, 0.25) is 0 Å². The number of ether oxygens (including phenoxy) is 2. The Hall–Kier alpha value is -4.60. The Morgan fingerprint density at radius 3 is 2.60 bits per heavy atom. The minimum Gasteiger partial charge on any atom is -0.457 e. The zero-order valence-electron chi connectivity index (χ0n) is 19.2. The molecule has 1 amide bonds. The number of aromatic amines is 1. The molecule has 0 atom stereocenters. The molecule has 10 heteroatoms. The van der Waals surface area contributed by atoms with Gasteiger partial charge in [0.05, 0.1) is 5.39 Å². The second-order valence-electron chi connectivity index (χ2n) is 8.12. The zero-order chi connectivity index (χ0) is 24.2. The molecule has 3 heterocycles. The average molecular weight is 472 g/mol. The van der Waals surface area contributed by atoms with Gasteiger partial charge in [0, 0.05) is 32.0 Å². The van der Waals surface area contributed by atoms with Crippen molar-refractivity contribution in [2.75, 3.05) is 32.0 Å². The van der Waals surface area contributed by atoms with Crippen LogP contribution in [0.5, 0.6) is 11.5 Å². The largest absolute Gasteiger partial charge is 0.457 e. The maximum atomic E-state index is 11.9. The van der Waals surface area contributed by atoms with Gasteiger partial charge in [-0.1, -0.05) is 18.2 Å². The van der Waals surface area contributed by atoms with Gasteiger partial charge in [-0.25, -0.2) is 9.97 Å². The number of likely N-dealkylation sites (N-methyl/N-ethyl adjacent to an activating group) is 1. The van der Waals surface area contributed by atoms with Crippen molar-refractivity contribution < 1.29 is 14.3 Å². The van der Waals surface area contributed by atoms with Crippen molar-refractivity contribution in [3.8, 4) is 11.5 Å². The van der Waals surface area contributed by atoms with Gasteiger partial charge in [0.25, 0.3) is 6.02 Å². The lowest BCUT2D eigenvalue weighted by molar-refractivity contribution is -0.133. The van der Waals surface area contributed by atoms with Gasteiger partial charge in [0.15, 0.2) is 12.4 Å². The molecule has 1 fully saturated rings. The van der Waals surface area contributed by atoms with Crippen LogP contribution in [-0.4, -0.2) is 63.4 Å². The maximum absolute atomic E-state index is 11.9. The molecule has 2 aromatic carbocycles. The van der Waals surface area contributed by atoms with Crippen molar-refractivity contribution in [3.05, 3.63) is 72.7 Å². The summed E-state index contributed by atoms with van der Waals surface area (Å²) in [5.41, 5.74) is 1.49. The molecule has 1 saturated heterocycles. The van der Waals surface area contributed by atoms with Crippen molar-refractivity contribution in [2.24, 2.45) is 0 Å². The van der Waals surface area contributed by atoms with E-state index in [0.717, 1.165) is 22.6 Å². The number of fused-ring (bicyclic) bond motifs is 1. The number of H-pyrrole nitrogens is 1. The average Bonchev–Trinajstić information content (AvgIpc) is 3.35. The third-order valence-electron chi connectivity index (χ3n) is 5.64. The van der Waals surface area contributed by atoms with Gasteiger partial charge in [0.2, 0.25) is 5.91 Å². The number of para-hydroxylation sites is 1. The SMILES string of the molecule is CN1CCN(C(=N)OCc2nc(Nc3ccc(Oc4ccccc4)cc3)c3cc[nH]c3n2)CC1=O. The molecule has 35 heavy (non-hydrogen) atoms. The predicted octanol–water partition coefficient (Wildman–Crippen LogP) is 3.72. The molecule has 178 valence electrons. The fourth-order valence-electron chi connectivity index (χ4n) is 3.67. The normalized spacial score (nSPS) is 13.7. The molecule has 0 unspecified atom stereocenters. The summed E-state index contributed by atoms with van der Waals surface area (Å²) < 4.78 is 11.5. The zero-order valence-corrected chi connectivity index (χ0v) is 19.2. The quantitative estimate of drug-likeness (QED) is 0.290. The van der Waals surface area contributed by atoms with Crippen molar-refractivity contribution in [2.45, 2.75) is 6.61 Å². The van der Waals surface area contributed by atoms with Gasteiger partial charge in [-0.05, 0) is 42.5 Å². The molecule has 0 saturated carbocycles. The van der Waals surface area contributed by atoms with Crippen molar-refractivity contribution in [3.63, 3.8) is 0 Å². The van der Waals surface area contributed by atoms with E-state index in [4.69, 9.17) is 14.9 Å². The third-order valence-corrected chi connectivity index (χ3v) is 5.64. The van der Waals surface area contributed by atoms with Gasteiger partial charge < -0.3 is 29.6 Å². The molecule has 0 spiro atoms. The topological polar surface area (TPSA) is 119 Å². The first-order valence-electron chi connectivity index (χ1n) is 11.2. The van der Waals surface area contributed by atoms with Crippen LogP contribution in [0.4, 0.5) is 11.5 Å². The van der Waals surface area contributed by atoms with Crippen LogP contribution >= 0.6 is 0 Å². The lowest BCUT2D eigenvalue weighted by atomic mass is 10.3. The number of hydrogen-bond donors (Lipinski definition) is 3. The molecular formula is C25H25N7O3. The summed E-state index contributed by atoms with van der Waals surface area (Å²) in [4.78, 5) is 27.4. The van der Waals surface area contributed by atoms with Gasteiger partial charge >= 0.3 is 0 Å². The number of rotatable bonds is 6. The number of piperazine rings is 1. The molecule has 0 aliphatic carbocycles. The van der Waals surface area contributed by atoms with E-state index in [1.165, 1.54) is 0 Å². The first-order chi connectivity index (χ1) is 17.0. The van der Waals surface area contributed by atoms with Crippen LogP contribution in [0.3, 0.4) is 0 Å². The standard InChI is InChI=1S/C25H25N7O3/c1-31-13-14-32(15-22(31)33)25(26)34-16-21-29-23-20(11-12-27-23)24(30-21)28-17-7-9-19(10-8-17)35-18-5-3-2-4-6-18/h2-12,26H,13-16H2,1H3,(H2,27,28,29,30). The molecule has 5 rings (SSSR count). The van der Waals surface area contributed by atoms with Crippen molar-refractivity contribution in [1.29, 1.82) is 5.41 Å². The van der Waals surface area contributed by atoms with E-state index in [0.29, 0.717) is 30.4 Å². The van der Waals surface area contributed by atoms with Crippen LogP contribution in [-0.2, 0) is 16.1 Å². The first-order valence-corrected chi connectivity index (χ1v) is 11.2. The third kappa shape index (κ3) is 5.16. The summed E-state index contributed by atoms with van der Waals surface area (Å²) in [7, 11) is 1.75. The number of carbonyl (C=O) groups is 1. The molecule has 1 aliphatic heterocycles. The number of carbonyl (C=O) groups excluding carboxylic acids is 1. The van der Waals surface area contributed by atoms with Crippen LogP contribution in [0, 0.1) is 5.41 Å². The molecule has 3 N–H and O–H groups in total. The van der Waals surface area contributed by atoms with E-state index in [9.17, 15) is 4.79 Å². The molecule has 1 aliphatic rings. The Morgan fingerprint density at radius 2 is 1.83 bits per heavy atom. The first kappa shape index (κ1) is 22.2. The Kier molecular flexibility index (Phi) is 6.16. The second-order valence-corrected chi connectivity index (χ2v) is 8.12. The van der Waals surface area contributed by atoms with Gasteiger partial charge in [-0.2, -0.15) is 0 Å². The Balaban J connectivity index is 1.27. The fourth-order valence-corrected chi connectivity index (χ4v) is 3.67. The predicted molar refractivity (Wildman–Crippen MR) is 132 cm³/mol. The minimum atomic E-state index is -0.0647. The summed E-state index contributed by atoms with van der Waals surface area (Å²) in [6.07, 6.45) is 1.80.